The summed E-state index contributed by atoms with van der Waals surface area (Å²) in [6.45, 7) is 1.64. The smallest absolute Gasteiger partial charge is 0.251 e. The molecule has 1 aromatic heterocycles. The molecule has 0 bridgehead atoms. The third-order valence-corrected chi connectivity index (χ3v) is 4.89. The summed E-state index contributed by atoms with van der Waals surface area (Å²) in [5.41, 5.74) is 1.22. The fraction of sp³-hybridized carbons (Fsp3) is 0.261. The number of nitrogens with one attached hydrogen (secondary N) is 2. The summed E-state index contributed by atoms with van der Waals surface area (Å²) in [6.07, 6.45) is 3.46. The summed E-state index contributed by atoms with van der Waals surface area (Å²) in [4.78, 5) is 29.8. The molecule has 2 unspecified atom stereocenters. The van der Waals surface area contributed by atoms with Crippen LogP contribution in [0.3, 0.4) is 0 Å². The lowest BCUT2D eigenvalue weighted by atomic mass is 10.0. The Morgan fingerprint density at radius 1 is 1.00 bits per heavy atom. The minimum Gasteiger partial charge on any atom is -0.497 e. The first-order valence-corrected chi connectivity index (χ1v) is 9.79. The number of ether oxygens (including phenoxy) is 2. The van der Waals surface area contributed by atoms with Crippen molar-refractivity contribution in [1.29, 1.82) is 0 Å². The fourth-order valence-electron chi connectivity index (χ4n) is 3.15. The standard InChI is InChI=1S/C23H26N4O4/c1-15(25-23(29)16-8-6-5-7-9-16)22(28)26-20(21-24-10-11-27(21)2)17-12-18(30-3)14-19(13-17)31-4/h5-15,20H,1-4H3,(H,25,29)(H,26,28). The van der Waals surface area contributed by atoms with Gasteiger partial charge in [-0.25, -0.2) is 4.98 Å². The summed E-state index contributed by atoms with van der Waals surface area (Å²) in [6, 6.07) is 12.8. The fourth-order valence-corrected chi connectivity index (χ4v) is 3.15. The number of amides is 2. The molecule has 0 aliphatic carbocycles. The largest absolute Gasteiger partial charge is 0.497 e. The maximum Gasteiger partial charge on any atom is 0.251 e. The van der Waals surface area contributed by atoms with Gasteiger partial charge in [-0.2, -0.15) is 0 Å². The Balaban J connectivity index is 1.85. The number of rotatable bonds is 8. The van der Waals surface area contributed by atoms with Gasteiger partial charge in [0.1, 0.15) is 29.4 Å². The van der Waals surface area contributed by atoms with Crippen LogP contribution in [0, 0.1) is 0 Å². The van der Waals surface area contributed by atoms with E-state index in [1.807, 2.05) is 29.8 Å². The van der Waals surface area contributed by atoms with Gasteiger partial charge in [0.15, 0.2) is 0 Å². The lowest BCUT2D eigenvalue weighted by Gasteiger charge is -2.23. The Kier molecular flexibility index (Phi) is 6.92. The van der Waals surface area contributed by atoms with Crippen LogP contribution in [0.5, 0.6) is 11.5 Å². The lowest BCUT2D eigenvalue weighted by Crippen LogP contribution is -2.46. The molecule has 2 amide bonds. The topological polar surface area (TPSA) is 94.5 Å². The van der Waals surface area contributed by atoms with Gasteiger partial charge in [-0.15, -0.1) is 0 Å². The zero-order valence-corrected chi connectivity index (χ0v) is 18.0. The number of methoxy groups -OCH3 is 2. The van der Waals surface area contributed by atoms with Crippen molar-refractivity contribution in [2.45, 2.75) is 19.0 Å². The number of aromatic nitrogens is 2. The molecule has 2 aromatic carbocycles. The van der Waals surface area contributed by atoms with E-state index < -0.39 is 12.1 Å². The summed E-state index contributed by atoms with van der Waals surface area (Å²) >= 11 is 0. The van der Waals surface area contributed by atoms with Gasteiger partial charge in [0.2, 0.25) is 5.91 Å². The van der Waals surface area contributed by atoms with Crippen molar-refractivity contribution >= 4 is 11.8 Å². The Morgan fingerprint density at radius 3 is 2.19 bits per heavy atom. The van der Waals surface area contributed by atoms with Crippen molar-refractivity contribution in [1.82, 2.24) is 20.2 Å². The van der Waals surface area contributed by atoms with Crippen molar-refractivity contribution in [2.75, 3.05) is 14.2 Å². The summed E-state index contributed by atoms with van der Waals surface area (Å²) in [7, 11) is 4.97. The highest BCUT2D eigenvalue weighted by atomic mass is 16.5. The van der Waals surface area contributed by atoms with Crippen molar-refractivity contribution in [3.63, 3.8) is 0 Å². The molecule has 0 radical (unpaired) electrons. The van der Waals surface area contributed by atoms with Crippen LogP contribution in [0.15, 0.2) is 60.9 Å². The van der Waals surface area contributed by atoms with Gasteiger partial charge >= 0.3 is 0 Å². The number of carbonyl (C=O) groups is 2. The van der Waals surface area contributed by atoms with Gasteiger partial charge in [-0.05, 0) is 36.8 Å². The van der Waals surface area contributed by atoms with Crippen molar-refractivity contribution in [2.24, 2.45) is 7.05 Å². The minimum absolute atomic E-state index is 0.320. The first kappa shape index (κ1) is 21.9. The predicted molar refractivity (Wildman–Crippen MR) is 116 cm³/mol. The van der Waals surface area contributed by atoms with Gasteiger partial charge in [-0.3, -0.25) is 9.59 Å². The van der Waals surface area contributed by atoms with E-state index in [0.717, 1.165) is 5.56 Å². The number of benzene rings is 2. The maximum absolute atomic E-state index is 13.0. The molecule has 0 saturated carbocycles. The number of hydrogen-bond donors (Lipinski definition) is 2. The third-order valence-electron chi connectivity index (χ3n) is 4.89. The van der Waals surface area contributed by atoms with Crippen molar-refractivity contribution in [3.8, 4) is 11.5 Å². The molecule has 3 aromatic rings. The molecule has 2 atom stereocenters. The maximum atomic E-state index is 13.0. The Labute approximate surface area is 181 Å². The van der Waals surface area contributed by atoms with Gasteiger partial charge in [0.25, 0.3) is 5.91 Å². The van der Waals surface area contributed by atoms with E-state index >= 15 is 0 Å². The Bertz CT molecular complexity index is 1030. The average molecular weight is 422 g/mol. The molecular formula is C23H26N4O4. The highest BCUT2D eigenvalue weighted by Gasteiger charge is 2.25. The van der Waals surface area contributed by atoms with Crippen LogP contribution in [0.2, 0.25) is 0 Å². The normalized spacial score (nSPS) is 12.5. The van der Waals surface area contributed by atoms with Crippen LogP contribution in [0.4, 0.5) is 0 Å². The van der Waals surface area contributed by atoms with Crippen LogP contribution in [0.25, 0.3) is 0 Å². The van der Waals surface area contributed by atoms with Gasteiger partial charge in [0, 0.05) is 31.1 Å². The van der Waals surface area contributed by atoms with E-state index in [1.54, 1.807) is 63.9 Å². The van der Waals surface area contributed by atoms with Gasteiger partial charge in [-0.1, -0.05) is 18.2 Å². The van der Waals surface area contributed by atoms with Crippen LogP contribution in [0.1, 0.15) is 34.7 Å². The molecule has 1 heterocycles. The second-order valence-electron chi connectivity index (χ2n) is 7.05. The molecule has 162 valence electrons. The molecule has 2 N–H and O–H groups in total. The van der Waals surface area contributed by atoms with Crippen LogP contribution in [-0.2, 0) is 11.8 Å². The zero-order chi connectivity index (χ0) is 22.4. The molecule has 0 saturated heterocycles. The van der Waals surface area contributed by atoms with E-state index in [-0.39, 0.29) is 11.8 Å². The number of nitrogens with zero attached hydrogens (tertiary/aromatic N) is 2. The molecule has 0 aliphatic heterocycles. The molecule has 0 fully saturated rings. The van der Waals surface area contributed by atoms with E-state index in [1.165, 1.54) is 0 Å². The molecule has 0 spiro atoms. The summed E-state index contributed by atoms with van der Waals surface area (Å²) < 4.78 is 12.6. The second-order valence-corrected chi connectivity index (χ2v) is 7.05. The Hall–Kier alpha value is -3.81. The number of carbonyl (C=O) groups excluding carboxylic acids is 2. The molecule has 0 aliphatic rings. The third kappa shape index (κ3) is 5.22. The molecule has 3 rings (SSSR count). The summed E-state index contributed by atoms with van der Waals surface area (Å²) in [5.74, 6) is 1.14. The second kappa shape index (κ2) is 9.80. The molecule has 8 nitrogen and oxygen atoms in total. The molecule has 8 heteroatoms. The van der Waals surface area contributed by atoms with Crippen molar-refractivity contribution < 1.29 is 19.1 Å². The minimum atomic E-state index is -0.761. The predicted octanol–water partition coefficient (Wildman–Crippen LogP) is 2.46. The van der Waals surface area contributed by atoms with Crippen LogP contribution < -0.4 is 20.1 Å². The van der Waals surface area contributed by atoms with Gasteiger partial charge in [0.05, 0.1) is 14.2 Å². The average Bonchev–Trinajstić information content (AvgIpc) is 3.22. The highest BCUT2D eigenvalue weighted by molar-refractivity contribution is 5.97. The summed E-state index contributed by atoms with van der Waals surface area (Å²) in [5, 5.41) is 5.72. The van der Waals surface area contributed by atoms with E-state index in [9.17, 15) is 9.59 Å². The van der Waals surface area contributed by atoms with E-state index in [2.05, 4.69) is 15.6 Å². The van der Waals surface area contributed by atoms with Crippen LogP contribution in [-0.4, -0.2) is 41.6 Å². The first-order valence-electron chi connectivity index (χ1n) is 9.79. The molecular weight excluding hydrogens is 396 g/mol. The Morgan fingerprint density at radius 2 is 1.65 bits per heavy atom. The number of imidazole rings is 1. The molecule has 31 heavy (non-hydrogen) atoms. The number of aryl methyl sites for hydroxylation is 1. The van der Waals surface area contributed by atoms with Gasteiger partial charge < -0.3 is 24.7 Å². The SMILES string of the molecule is COc1cc(OC)cc(C(NC(=O)C(C)NC(=O)c2ccccc2)c2nccn2C)c1. The highest BCUT2D eigenvalue weighted by Crippen LogP contribution is 2.29. The monoisotopic (exact) mass is 422 g/mol. The van der Waals surface area contributed by atoms with Crippen LogP contribution >= 0.6 is 0 Å². The first-order chi connectivity index (χ1) is 14.9. The lowest BCUT2D eigenvalue weighted by molar-refractivity contribution is -0.123. The van der Waals surface area contributed by atoms with E-state index in [4.69, 9.17) is 9.47 Å². The number of hydrogen-bond acceptors (Lipinski definition) is 5. The zero-order valence-electron chi connectivity index (χ0n) is 18.0. The van der Waals surface area contributed by atoms with Crippen molar-refractivity contribution in [3.05, 3.63) is 77.9 Å². The quantitative estimate of drug-likeness (QED) is 0.582. The van der Waals surface area contributed by atoms with E-state index in [0.29, 0.717) is 22.9 Å².